The number of benzene rings is 2. The van der Waals surface area contributed by atoms with Crippen molar-refractivity contribution in [3.63, 3.8) is 0 Å². The van der Waals surface area contributed by atoms with Crippen LogP contribution >= 0.6 is 15.9 Å². The quantitative estimate of drug-likeness (QED) is 0.712. The highest BCUT2D eigenvalue weighted by atomic mass is 79.9. The molecule has 0 atom stereocenters. The molecule has 0 radical (unpaired) electrons. The number of carbonyl (C=O) groups is 2. The minimum absolute atomic E-state index is 0.0616. The van der Waals surface area contributed by atoms with Crippen LogP contribution in [0.4, 0.5) is 0 Å². The monoisotopic (exact) mass is 420 g/mol. The van der Waals surface area contributed by atoms with Crippen molar-refractivity contribution in [3.8, 4) is 11.5 Å². The zero-order chi connectivity index (χ0) is 18.9. The van der Waals surface area contributed by atoms with Crippen molar-refractivity contribution < 1.29 is 19.1 Å². The molecule has 0 spiro atoms. The topological polar surface area (TPSA) is 67.9 Å². The highest BCUT2D eigenvalue weighted by Gasteiger charge is 2.11. The smallest absolute Gasteiger partial charge is 0.251 e. The van der Waals surface area contributed by atoms with Crippen molar-refractivity contribution in [1.82, 2.24) is 10.2 Å². The lowest BCUT2D eigenvalue weighted by molar-refractivity contribution is -0.129. The van der Waals surface area contributed by atoms with E-state index >= 15 is 0 Å². The average molecular weight is 421 g/mol. The predicted molar refractivity (Wildman–Crippen MR) is 103 cm³/mol. The summed E-state index contributed by atoms with van der Waals surface area (Å²) in [7, 11) is 3.28. The van der Waals surface area contributed by atoms with Gasteiger partial charge in [0.05, 0.1) is 20.2 Å². The molecule has 0 bridgehead atoms. The van der Waals surface area contributed by atoms with Gasteiger partial charge < -0.3 is 19.7 Å². The Balaban J connectivity index is 1.71. The Kier molecular flexibility index (Phi) is 7.47. The van der Waals surface area contributed by atoms with Crippen LogP contribution in [0.1, 0.15) is 10.4 Å². The first-order valence-electron chi connectivity index (χ1n) is 8.04. The maximum Gasteiger partial charge on any atom is 0.251 e. The summed E-state index contributed by atoms with van der Waals surface area (Å²) >= 11 is 3.31. The number of carbonyl (C=O) groups excluding carboxylic acids is 2. The van der Waals surface area contributed by atoms with Crippen molar-refractivity contribution in [2.45, 2.75) is 0 Å². The van der Waals surface area contributed by atoms with Gasteiger partial charge in [-0.25, -0.2) is 0 Å². The van der Waals surface area contributed by atoms with Crippen LogP contribution in [-0.4, -0.2) is 50.6 Å². The summed E-state index contributed by atoms with van der Waals surface area (Å²) in [4.78, 5) is 25.6. The summed E-state index contributed by atoms with van der Waals surface area (Å²) in [5, 5.41) is 2.62. The molecule has 0 aliphatic heterocycles. The molecule has 2 rings (SSSR count). The van der Waals surface area contributed by atoms with Crippen molar-refractivity contribution in [1.29, 1.82) is 0 Å². The molecule has 0 aliphatic carbocycles. The van der Waals surface area contributed by atoms with Crippen LogP contribution in [0.5, 0.6) is 11.5 Å². The lowest BCUT2D eigenvalue weighted by Crippen LogP contribution is -2.39. The van der Waals surface area contributed by atoms with Gasteiger partial charge in [0.15, 0.2) is 0 Å². The normalized spacial score (nSPS) is 10.1. The fourth-order valence-corrected chi connectivity index (χ4v) is 2.36. The lowest BCUT2D eigenvalue weighted by atomic mass is 10.2. The van der Waals surface area contributed by atoms with E-state index in [1.165, 1.54) is 4.90 Å². The SMILES string of the molecule is COc1ccc(OCCN(C)C(=O)CNC(=O)c2ccc(Br)cc2)cc1. The molecule has 2 aromatic carbocycles. The third-order valence-corrected chi connectivity index (χ3v) is 4.22. The van der Waals surface area contributed by atoms with Crippen LogP contribution in [0.25, 0.3) is 0 Å². The van der Waals surface area contributed by atoms with Crippen molar-refractivity contribution in [2.24, 2.45) is 0 Å². The minimum atomic E-state index is -0.284. The molecule has 0 unspecified atom stereocenters. The molecule has 0 aromatic heterocycles. The Morgan fingerprint density at radius 2 is 1.65 bits per heavy atom. The second kappa shape index (κ2) is 9.82. The average Bonchev–Trinajstić information content (AvgIpc) is 2.66. The number of rotatable bonds is 8. The van der Waals surface area contributed by atoms with E-state index in [1.807, 2.05) is 12.1 Å². The number of nitrogens with one attached hydrogen (secondary N) is 1. The van der Waals surface area contributed by atoms with Gasteiger partial charge in [-0.2, -0.15) is 0 Å². The van der Waals surface area contributed by atoms with E-state index in [2.05, 4.69) is 21.2 Å². The lowest BCUT2D eigenvalue weighted by Gasteiger charge is -2.18. The van der Waals surface area contributed by atoms with Crippen molar-refractivity contribution >= 4 is 27.7 Å². The van der Waals surface area contributed by atoms with Gasteiger partial charge >= 0.3 is 0 Å². The Hall–Kier alpha value is -2.54. The molecular weight excluding hydrogens is 400 g/mol. The third kappa shape index (κ3) is 6.07. The minimum Gasteiger partial charge on any atom is -0.497 e. The first-order valence-corrected chi connectivity index (χ1v) is 8.83. The van der Waals surface area contributed by atoms with Gasteiger partial charge in [-0.15, -0.1) is 0 Å². The summed E-state index contributed by atoms with van der Waals surface area (Å²) in [5.41, 5.74) is 0.506. The number of hydrogen-bond acceptors (Lipinski definition) is 4. The third-order valence-electron chi connectivity index (χ3n) is 3.69. The summed E-state index contributed by atoms with van der Waals surface area (Å²) in [6.45, 7) is 0.710. The first-order chi connectivity index (χ1) is 12.5. The summed E-state index contributed by atoms with van der Waals surface area (Å²) < 4.78 is 11.6. The molecule has 0 saturated carbocycles. The molecule has 0 fully saturated rings. The predicted octanol–water partition coefficient (Wildman–Crippen LogP) is 2.72. The second-order valence-electron chi connectivity index (χ2n) is 5.53. The first kappa shape index (κ1) is 19.8. The fraction of sp³-hybridized carbons (Fsp3) is 0.263. The summed E-state index contributed by atoms with van der Waals surface area (Å²) in [6.07, 6.45) is 0. The molecule has 26 heavy (non-hydrogen) atoms. The van der Waals surface area contributed by atoms with Gasteiger partial charge in [0, 0.05) is 17.1 Å². The standard InChI is InChI=1S/C19H21BrN2O4/c1-22(11-12-26-17-9-7-16(25-2)8-10-17)18(23)13-21-19(24)14-3-5-15(20)6-4-14/h3-10H,11-13H2,1-2H3,(H,21,24). The molecule has 0 heterocycles. The van der Waals surface area contributed by atoms with E-state index < -0.39 is 0 Å². The molecule has 6 nitrogen and oxygen atoms in total. The van der Waals surface area contributed by atoms with Gasteiger partial charge in [-0.1, -0.05) is 15.9 Å². The number of nitrogens with zero attached hydrogens (tertiary/aromatic N) is 1. The second-order valence-corrected chi connectivity index (χ2v) is 6.44. The number of amides is 2. The largest absolute Gasteiger partial charge is 0.497 e. The highest BCUT2D eigenvalue weighted by molar-refractivity contribution is 9.10. The number of hydrogen-bond donors (Lipinski definition) is 1. The molecule has 1 N–H and O–H groups in total. The van der Waals surface area contributed by atoms with Crippen LogP contribution < -0.4 is 14.8 Å². The Morgan fingerprint density at radius 3 is 2.27 bits per heavy atom. The molecular formula is C19H21BrN2O4. The van der Waals surface area contributed by atoms with Crippen LogP contribution in [0.15, 0.2) is 53.0 Å². The van der Waals surface area contributed by atoms with Gasteiger partial charge in [0.25, 0.3) is 5.91 Å². The van der Waals surface area contributed by atoms with Crippen molar-refractivity contribution in [2.75, 3.05) is 33.9 Å². The maximum absolute atomic E-state index is 12.1. The van der Waals surface area contributed by atoms with Crippen LogP contribution in [0, 0.1) is 0 Å². The van der Waals surface area contributed by atoms with E-state index in [-0.39, 0.29) is 18.4 Å². The molecule has 2 amide bonds. The van der Waals surface area contributed by atoms with Gasteiger partial charge in [0.1, 0.15) is 18.1 Å². The van der Waals surface area contributed by atoms with Crippen LogP contribution in [0.3, 0.4) is 0 Å². The number of halogens is 1. The fourth-order valence-electron chi connectivity index (χ4n) is 2.09. The Morgan fingerprint density at radius 1 is 1.04 bits per heavy atom. The van der Waals surface area contributed by atoms with Crippen molar-refractivity contribution in [3.05, 3.63) is 58.6 Å². The molecule has 7 heteroatoms. The maximum atomic E-state index is 12.1. The molecule has 0 saturated heterocycles. The zero-order valence-electron chi connectivity index (χ0n) is 14.7. The number of ether oxygens (including phenoxy) is 2. The van der Waals surface area contributed by atoms with E-state index in [0.717, 1.165) is 10.2 Å². The van der Waals surface area contributed by atoms with Crippen LogP contribution in [0.2, 0.25) is 0 Å². The Bertz CT molecular complexity index is 732. The zero-order valence-corrected chi connectivity index (χ0v) is 16.3. The molecule has 0 aliphatic rings. The van der Waals surface area contributed by atoms with Gasteiger partial charge in [0.2, 0.25) is 5.91 Å². The Labute approximate surface area is 161 Å². The van der Waals surface area contributed by atoms with E-state index in [9.17, 15) is 9.59 Å². The summed E-state index contributed by atoms with van der Waals surface area (Å²) in [5.74, 6) is 0.990. The van der Waals surface area contributed by atoms with E-state index in [4.69, 9.17) is 9.47 Å². The van der Waals surface area contributed by atoms with E-state index in [0.29, 0.717) is 24.5 Å². The van der Waals surface area contributed by atoms with E-state index in [1.54, 1.807) is 50.6 Å². The number of likely N-dealkylation sites (N-methyl/N-ethyl adjacent to an activating group) is 1. The van der Waals surface area contributed by atoms with Gasteiger partial charge in [-0.05, 0) is 48.5 Å². The van der Waals surface area contributed by atoms with Gasteiger partial charge in [-0.3, -0.25) is 9.59 Å². The summed E-state index contributed by atoms with van der Waals surface area (Å²) in [6, 6.07) is 14.2. The molecule has 2 aromatic rings. The number of methoxy groups -OCH3 is 1. The highest BCUT2D eigenvalue weighted by Crippen LogP contribution is 2.16. The van der Waals surface area contributed by atoms with Crippen LogP contribution in [-0.2, 0) is 4.79 Å². The molecule has 138 valence electrons.